The highest BCUT2D eigenvalue weighted by Crippen LogP contribution is 2.27. The van der Waals surface area contributed by atoms with Crippen LogP contribution in [0.5, 0.6) is 0 Å². The van der Waals surface area contributed by atoms with E-state index in [9.17, 15) is 8.78 Å². The molecular formula is C15H23F2NO. The third-order valence-corrected chi connectivity index (χ3v) is 3.26. The number of rotatable bonds is 8. The summed E-state index contributed by atoms with van der Waals surface area (Å²) in [6.07, 6.45) is 1.80. The Kier molecular flexibility index (Phi) is 6.95. The molecule has 0 saturated carbocycles. The van der Waals surface area contributed by atoms with Gasteiger partial charge in [-0.2, -0.15) is 0 Å². The van der Waals surface area contributed by atoms with E-state index in [0.29, 0.717) is 12.2 Å². The van der Waals surface area contributed by atoms with Crippen LogP contribution in [0.15, 0.2) is 18.2 Å². The summed E-state index contributed by atoms with van der Waals surface area (Å²) in [7, 11) is 1.65. The van der Waals surface area contributed by atoms with Gasteiger partial charge in [0.1, 0.15) is 11.6 Å². The molecule has 0 saturated heterocycles. The molecule has 2 unspecified atom stereocenters. The smallest absolute Gasteiger partial charge is 0.130 e. The van der Waals surface area contributed by atoms with Gasteiger partial charge in [-0.25, -0.2) is 8.78 Å². The maximum atomic E-state index is 13.9. The monoisotopic (exact) mass is 271 g/mol. The second kappa shape index (κ2) is 8.23. The number of benzene rings is 1. The second-order valence-corrected chi connectivity index (χ2v) is 4.86. The number of nitrogens with one attached hydrogen (secondary N) is 1. The van der Waals surface area contributed by atoms with Gasteiger partial charge in [0.2, 0.25) is 0 Å². The third kappa shape index (κ3) is 4.88. The van der Waals surface area contributed by atoms with Crippen molar-refractivity contribution in [2.75, 3.05) is 20.3 Å². The highest BCUT2D eigenvalue weighted by Gasteiger charge is 2.21. The Morgan fingerprint density at radius 3 is 2.63 bits per heavy atom. The van der Waals surface area contributed by atoms with Gasteiger partial charge in [-0.15, -0.1) is 0 Å². The number of hydrogen-bond acceptors (Lipinski definition) is 2. The van der Waals surface area contributed by atoms with Crippen molar-refractivity contribution in [1.82, 2.24) is 5.32 Å². The van der Waals surface area contributed by atoms with Crippen LogP contribution in [0.3, 0.4) is 0 Å². The molecule has 0 amide bonds. The average molecular weight is 271 g/mol. The zero-order chi connectivity index (χ0) is 14.3. The lowest BCUT2D eigenvalue weighted by atomic mass is 9.91. The van der Waals surface area contributed by atoms with Crippen molar-refractivity contribution in [3.05, 3.63) is 35.4 Å². The lowest BCUT2D eigenvalue weighted by Gasteiger charge is -2.26. The van der Waals surface area contributed by atoms with Gasteiger partial charge in [0.05, 0.1) is 0 Å². The highest BCUT2D eigenvalue weighted by atomic mass is 19.1. The van der Waals surface area contributed by atoms with E-state index in [-0.39, 0.29) is 12.0 Å². The lowest BCUT2D eigenvalue weighted by Crippen LogP contribution is -2.29. The summed E-state index contributed by atoms with van der Waals surface area (Å²) in [4.78, 5) is 0. The number of hydrogen-bond donors (Lipinski definition) is 1. The predicted octanol–water partition coefficient (Wildman–Crippen LogP) is 3.68. The van der Waals surface area contributed by atoms with Gasteiger partial charge in [-0.3, -0.25) is 0 Å². The minimum absolute atomic E-state index is 0.115. The number of ether oxygens (including phenoxy) is 1. The molecule has 2 atom stereocenters. The Bertz CT molecular complexity index is 384. The highest BCUT2D eigenvalue weighted by molar-refractivity contribution is 5.22. The molecule has 0 bridgehead atoms. The first-order valence-corrected chi connectivity index (χ1v) is 6.77. The molecule has 0 spiro atoms. The minimum atomic E-state index is -0.542. The normalized spacial score (nSPS) is 14.4. The van der Waals surface area contributed by atoms with Crippen LogP contribution in [0, 0.1) is 17.6 Å². The summed E-state index contributed by atoms with van der Waals surface area (Å²) in [5, 5.41) is 3.34. The van der Waals surface area contributed by atoms with Crippen molar-refractivity contribution in [2.24, 2.45) is 5.92 Å². The minimum Gasteiger partial charge on any atom is -0.385 e. The fourth-order valence-electron chi connectivity index (χ4n) is 2.14. The van der Waals surface area contributed by atoms with E-state index in [1.165, 1.54) is 12.1 Å². The molecule has 0 heterocycles. The first-order valence-electron chi connectivity index (χ1n) is 6.77. The molecule has 0 aliphatic heterocycles. The topological polar surface area (TPSA) is 21.3 Å². The summed E-state index contributed by atoms with van der Waals surface area (Å²) in [5.74, 6) is -0.815. The van der Waals surface area contributed by atoms with Crippen LogP contribution in [0.1, 0.15) is 38.3 Å². The van der Waals surface area contributed by atoms with Crippen LogP contribution in [0.2, 0.25) is 0 Å². The molecule has 1 aromatic carbocycles. The summed E-state index contributed by atoms with van der Waals surface area (Å²) < 4.78 is 32.0. The Hall–Kier alpha value is -1.00. The molecule has 108 valence electrons. The maximum Gasteiger partial charge on any atom is 0.130 e. The standard InChI is InChI=1S/C15H23F2NO/c1-4-8-18-15(11(2)7-9-19-3)13-6-5-12(16)10-14(13)17/h5-6,10-11,15,18H,4,7-9H2,1-3H3. The quantitative estimate of drug-likeness (QED) is 0.778. The number of halogens is 2. The summed E-state index contributed by atoms with van der Waals surface area (Å²) in [5.41, 5.74) is 0.526. The molecule has 0 aliphatic rings. The van der Waals surface area contributed by atoms with Crippen molar-refractivity contribution in [1.29, 1.82) is 0 Å². The van der Waals surface area contributed by atoms with E-state index in [2.05, 4.69) is 19.2 Å². The molecule has 0 radical (unpaired) electrons. The molecule has 1 aromatic rings. The summed E-state index contributed by atoms with van der Waals surface area (Å²) in [6, 6.07) is 3.67. The SMILES string of the molecule is CCCNC(c1ccc(F)cc1F)C(C)CCOC. The molecule has 19 heavy (non-hydrogen) atoms. The zero-order valence-corrected chi connectivity index (χ0v) is 11.9. The molecule has 4 heteroatoms. The maximum absolute atomic E-state index is 13.9. The Labute approximate surface area is 114 Å². The molecule has 0 aliphatic carbocycles. The molecule has 1 rings (SSSR count). The summed E-state index contributed by atoms with van der Waals surface area (Å²) in [6.45, 7) is 5.55. The third-order valence-electron chi connectivity index (χ3n) is 3.26. The molecule has 0 aromatic heterocycles. The van der Waals surface area contributed by atoms with E-state index in [4.69, 9.17) is 4.74 Å². The van der Waals surface area contributed by atoms with Crippen molar-refractivity contribution in [3.63, 3.8) is 0 Å². The van der Waals surface area contributed by atoms with E-state index >= 15 is 0 Å². The molecular weight excluding hydrogens is 248 g/mol. The van der Waals surface area contributed by atoms with Crippen LogP contribution in [0.4, 0.5) is 8.78 Å². The van der Waals surface area contributed by atoms with Gasteiger partial charge < -0.3 is 10.1 Å². The fraction of sp³-hybridized carbons (Fsp3) is 0.600. The second-order valence-electron chi connectivity index (χ2n) is 4.86. The first kappa shape index (κ1) is 16.1. The van der Waals surface area contributed by atoms with Crippen LogP contribution in [-0.2, 0) is 4.74 Å². The number of methoxy groups -OCH3 is 1. The fourth-order valence-corrected chi connectivity index (χ4v) is 2.14. The van der Waals surface area contributed by atoms with Gasteiger partial charge in [0.15, 0.2) is 0 Å². The van der Waals surface area contributed by atoms with E-state index in [1.54, 1.807) is 7.11 Å². The predicted molar refractivity (Wildman–Crippen MR) is 73.0 cm³/mol. The van der Waals surface area contributed by atoms with E-state index in [1.807, 2.05) is 0 Å². The van der Waals surface area contributed by atoms with Crippen molar-refractivity contribution >= 4 is 0 Å². The van der Waals surface area contributed by atoms with Crippen LogP contribution in [0.25, 0.3) is 0 Å². The Balaban J connectivity index is 2.88. The largest absolute Gasteiger partial charge is 0.385 e. The van der Waals surface area contributed by atoms with Crippen molar-refractivity contribution in [3.8, 4) is 0 Å². The van der Waals surface area contributed by atoms with E-state index < -0.39 is 11.6 Å². The van der Waals surface area contributed by atoms with Gasteiger partial charge in [0, 0.05) is 31.4 Å². The van der Waals surface area contributed by atoms with Crippen LogP contribution >= 0.6 is 0 Å². The van der Waals surface area contributed by atoms with Gasteiger partial charge in [-0.05, 0) is 31.4 Å². The van der Waals surface area contributed by atoms with Crippen LogP contribution < -0.4 is 5.32 Å². The first-order chi connectivity index (χ1) is 9.10. The average Bonchev–Trinajstić information content (AvgIpc) is 2.38. The van der Waals surface area contributed by atoms with Crippen LogP contribution in [-0.4, -0.2) is 20.3 Å². The lowest BCUT2D eigenvalue weighted by molar-refractivity contribution is 0.169. The zero-order valence-electron chi connectivity index (χ0n) is 11.9. The molecule has 2 nitrogen and oxygen atoms in total. The van der Waals surface area contributed by atoms with Gasteiger partial charge in [0.25, 0.3) is 0 Å². The van der Waals surface area contributed by atoms with Gasteiger partial charge in [-0.1, -0.05) is 19.9 Å². The Morgan fingerprint density at radius 1 is 1.32 bits per heavy atom. The van der Waals surface area contributed by atoms with Crippen molar-refractivity contribution in [2.45, 2.75) is 32.7 Å². The molecule has 0 fully saturated rings. The van der Waals surface area contributed by atoms with Crippen molar-refractivity contribution < 1.29 is 13.5 Å². The Morgan fingerprint density at radius 2 is 2.05 bits per heavy atom. The van der Waals surface area contributed by atoms with Gasteiger partial charge >= 0.3 is 0 Å². The van der Waals surface area contributed by atoms with E-state index in [0.717, 1.165) is 25.5 Å². The molecule has 1 N–H and O–H groups in total. The summed E-state index contributed by atoms with van der Waals surface area (Å²) >= 11 is 0.